The summed E-state index contributed by atoms with van der Waals surface area (Å²) in [6.07, 6.45) is 5.43. The van der Waals surface area contributed by atoms with Crippen molar-refractivity contribution in [3.05, 3.63) is 18.2 Å². The highest BCUT2D eigenvalue weighted by molar-refractivity contribution is 7.98. The van der Waals surface area contributed by atoms with Gasteiger partial charge in [-0.25, -0.2) is 4.98 Å². The second-order valence-corrected chi connectivity index (χ2v) is 7.44. The summed E-state index contributed by atoms with van der Waals surface area (Å²) in [5, 5.41) is 15.9. The highest BCUT2D eigenvalue weighted by Crippen LogP contribution is 2.04. The number of aromatic nitrogens is 2. The first-order valence-corrected chi connectivity index (χ1v) is 10.7. The number of nitrogens with zero attached hydrogens (tertiary/aromatic N) is 1. The molecule has 3 amide bonds. The smallest absolute Gasteiger partial charge is 0.322 e. The third-order valence-electron chi connectivity index (χ3n) is 3.80. The van der Waals surface area contributed by atoms with Crippen LogP contribution >= 0.6 is 24.4 Å². The van der Waals surface area contributed by atoms with Gasteiger partial charge in [-0.2, -0.15) is 24.4 Å². The van der Waals surface area contributed by atoms with E-state index >= 15 is 0 Å². The standard InChI is InChI=1S/C16H26N6O5S2/c1-29-3-2-11(21-14(25)10(17)4-9-5-18-8-20-9)16(27)22-12(7-28)15(26)19-6-13(23)24/h5,8,10-12,28H,2-4,6-7,17H2,1H3,(H,18,20)(H,19,26)(H,21,25)(H,22,27)(H,23,24). The number of thioether (sulfide) groups is 1. The number of aliphatic carboxylic acids is 1. The molecule has 1 aromatic heterocycles. The molecule has 0 saturated heterocycles. The van der Waals surface area contributed by atoms with Gasteiger partial charge in [-0.1, -0.05) is 0 Å². The molecule has 162 valence electrons. The molecule has 0 bridgehead atoms. The molecule has 3 unspecified atom stereocenters. The Morgan fingerprint density at radius 1 is 1.24 bits per heavy atom. The molecule has 0 aliphatic carbocycles. The first-order chi connectivity index (χ1) is 13.8. The zero-order chi connectivity index (χ0) is 21.8. The van der Waals surface area contributed by atoms with Gasteiger partial charge in [0, 0.05) is 24.1 Å². The van der Waals surface area contributed by atoms with Crippen molar-refractivity contribution in [1.82, 2.24) is 25.9 Å². The van der Waals surface area contributed by atoms with Gasteiger partial charge in [0.1, 0.15) is 18.6 Å². The quantitative estimate of drug-likeness (QED) is 0.172. The van der Waals surface area contributed by atoms with E-state index < -0.39 is 48.4 Å². The summed E-state index contributed by atoms with van der Waals surface area (Å²) in [7, 11) is 0. The summed E-state index contributed by atoms with van der Waals surface area (Å²) in [5.41, 5.74) is 6.58. The molecule has 0 radical (unpaired) electrons. The van der Waals surface area contributed by atoms with E-state index in [2.05, 4.69) is 38.5 Å². The average Bonchev–Trinajstić information content (AvgIpc) is 3.19. The van der Waals surface area contributed by atoms with E-state index in [9.17, 15) is 19.2 Å². The number of carbonyl (C=O) groups is 4. The summed E-state index contributed by atoms with van der Waals surface area (Å²) in [4.78, 5) is 54.3. The van der Waals surface area contributed by atoms with Gasteiger partial charge in [0.15, 0.2) is 0 Å². The Labute approximate surface area is 177 Å². The summed E-state index contributed by atoms with van der Waals surface area (Å²) in [5.74, 6) is -2.44. The minimum Gasteiger partial charge on any atom is -0.480 e. The molecule has 3 atom stereocenters. The van der Waals surface area contributed by atoms with Crippen LogP contribution in [-0.4, -0.2) is 81.2 Å². The number of carbonyl (C=O) groups excluding carboxylic acids is 3. The third-order valence-corrected chi connectivity index (χ3v) is 4.81. The molecule has 0 aliphatic heterocycles. The number of rotatable bonds is 13. The van der Waals surface area contributed by atoms with Gasteiger partial charge in [-0.3, -0.25) is 19.2 Å². The van der Waals surface area contributed by atoms with Crippen LogP contribution in [0.4, 0.5) is 0 Å². The molecule has 1 rings (SSSR count). The predicted octanol–water partition coefficient (Wildman–Crippen LogP) is -1.87. The van der Waals surface area contributed by atoms with Crippen molar-refractivity contribution in [2.24, 2.45) is 5.73 Å². The maximum atomic E-state index is 12.6. The Hall–Kier alpha value is -2.25. The number of amides is 3. The van der Waals surface area contributed by atoms with Gasteiger partial charge < -0.3 is 31.8 Å². The normalized spacial score (nSPS) is 13.8. The largest absolute Gasteiger partial charge is 0.480 e. The highest BCUT2D eigenvalue weighted by atomic mass is 32.2. The Morgan fingerprint density at radius 2 is 1.93 bits per heavy atom. The van der Waals surface area contributed by atoms with Gasteiger partial charge in [-0.05, 0) is 18.4 Å². The second kappa shape index (κ2) is 13.1. The number of imidazole rings is 1. The fraction of sp³-hybridized carbons (Fsp3) is 0.562. The molecular formula is C16H26N6O5S2. The zero-order valence-electron chi connectivity index (χ0n) is 15.9. The molecule has 0 aromatic carbocycles. The maximum Gasteiger partial charge on any atom is 0.322 e. The van der Waals surface area contributed by atoms with Crippen LogP contribution in [0.15, 0.2) is 12.5 Å². The van der Waals surface area contributed by atoms with E-state index in [1.165, 1.54) is 18.1 Å². The Balaban J connectivity index is 2.70. The Morgan fingerprint density at radius 3 is 2.48 bits per heavy atom. The number of carboxylic acids is 1. The van der Waals surface area contributed by atoms with Crippen molar-refractivity contribution in [3.63, 3.8) is 0 Å². The molecule has 0 aliphatic rings. The number of hydrogen-bond acceptors (Lipinski definition) is 8. The van der Waals surface area contributed by atoms with Crippen LogP contribution in [0.3, 0.4) is 0 Å². The SMILES string of the molecule is CSCCC(NC(=O)C(N)Cc1cnc[nH]1)C(=O)NC(CS)C(=O)NCC(=O)O. The molecule has 7 N–H and O–H groups in total. The fourth-order valence-corrected chi connectivity index (χ4v) is 2.99. The molecular weight excluding hydrogens is 420 g/mol. The van der Waals surface area contributed by atoms with E-state index in [-0.39, 0.29) is 12.2 Å². The monoisotopic (exact) mass is 446 g/mol. The number of nitrogens with two attached hydrogens (primary N) is 1. The summed E-state index contributed by atoms with van der Waals surface area (Å²) >= 11 is 5.51. The van der Waals surface area contributed by atoms with E-state index in [0.29, 0.717) is 17.9 Å². The number of H-pyrrole nitrogens is 1. The molecule has 0 spiro atoms. The first-order valence-electron chi connectivity index (χ1n) is 8.71. The summed E-state index contributed by atoms with van der Waals surface area (Å²) in [6.45, 7) is -0.575. The minimum absolute atomic E-state index is 0.0419. The van der Waals surface area contributed by atoms with Crippen molar-refractivity contribution in [1.29, 1.82) is 0 Å². The van der Waals surface area contributed by atoms with Crippen molar-refractivity contribution in [2.45, 2.75) is 31.0 Å². The third kappa shape index (κ3) is 9.19. The number of thiol groups is 1. The molecule has 1 aromatic rings. The van der Waals surface area contributed by atoms with Crippen LogP contribution in [0.2, 0.25) is 0 Å². The van der Waals surface area contributed by atoms with E-state index in [0.717, 1.165) is 0 Å². The first kappa shape index (κ1) is 24.8. The van der Waals surface area contributed by atoms with Crippen molar-refractivity contribution < 1.29 is 24.3 Å². The minimum atomic E-state index is -1.21. The van der Waals surface area contributed by atoms with Crippen LogP contribution in [0.25, 0.3) is 0 Å². The number of carboxylic acid groups (broad SMARTS) is 1. The Kier molecular flexibility index (Phi) is 11.2. The molecule has 0 fully saturated rings. The van der Waals surface area contributed by atoms with Crippen LogP contribution in [0, 0.1) is 0 Å². The summed E-state index contributed by atoms with van der Waals surface area (Å²) in [6, 6.07) is -2.84. The molecule has 1 heterocycles. The van der Waals surface area contributed by atoms with E-state index in [4.69, 9.17) is 10.8 Å². The highest BCUT2D eigenvalue weighted by Gasteiger charge is 2.27. The average molecular weight is 447 g/mol. The lowest BCUT2D eigenvalue weighted by molar-refractivity contribution is -0.138. The van der Waals surface area contributed by atoms with Crippen LogP contribution in [0.5, 0.6) is 0 Å². The fourth-order valence-electron chi connectivity index (χ4n) is 2.26. The van der Waals surface area contributed by atoms with Gasteiger partial charge in [0.25, 0.3) is 0 Å². The van der Waals surface area contributed by atoms with Gasteiger partial charge in [0.05, 0.1) is 12.4 Å². The lowest BCUT2D eigenvalue weighted by Gasteiger charge is -2.23. The van der Waals surface area contributed by atoms with Crippen LogP contribution in [-0.2, 0) is 25.6 Å². The maximum absolute atomic E-state index is 12.6. The number of hydrogen-bond donors (Lipinski definition) is 7. The van der Waals surface area contributed by atoms with Gasteiger partial charge >= 0.3 is 5.97 Å². The molecule has 0 saturated carbocycles. The molecule has 29 heavy (non-hydrogen) atoms. The Bertz CT molecular complexity index is 687. The van der Waals surface area contributed by atoms with Gasteiger partial charge in [0.2, 0.25) is 17.7 Å². The van der Waals surface area contributed by atoms with Crippen molar-refractivity contribution >= 4 is 48.1 Å². The van der Waals surface area contributed by atoms with E-state index in [1.807, 2.05) is 6.26 Å². The number of aromatic amines is 1. The van der Waals surface area contributed by atoms with Gasteiger partial charge in [-0.15, -0.1) is 0 Å². The van der Waals surface area contributed by atoms with E-state index in [1.54, 1.807) is 6.20 Å². The topological polar surface area (TPSA) is 179 Å². The van der Waals surface area contributed by atoms with Crippen LogP contribution < -0.4 is 21.7 Å². The zero-order valence-corrected chi connectivity index (χ0v) is 17.6. The second-order valence-electron chi connectivity index (χ2n) is 6.09. The molecule has 11 nitrogen and oxygen atoms in total. The van der Waals surface area contributed by atoms with Crippen molar-refractivity contribution in [2.75, 3.05) is 24.3 Å². The lowest BCUT2D eigenvalue weighted by atomic mass is 10.1. The number of nitrogens with one attached hydrogen (secondary N) is 4. The summed E-state index contributed by atoms with van der Waals surface area (Å²) < 4.78 is 0. The van der Waals surface area contributed by atoms with Crippen LogP contribution in [0.1, 0.15) is 12.1 Å². The predicted molar refractivity (Wildman–Crippen MR) is 112 cm³/mol. The molecule has 13 heteroatoms. The lowest BCUT2D eigenvalue weighted by Crippen LogP contribution is -2.56. The van der Waals surface area contributed by atoms with Crippen molar-refractivity contribution in [3.8, 4) is 0 Å².